The van der Waals surface area contributed by atoms with E-state index in [0.717, 1.165) is 12.8 Å². The zero-order valence-corrected chi connectivity index (χ0v) is 11.9. The molecule has 0 saturated carbocycles. The summed E-state index contributed by atoms with van der Waals surface area (Å²) in [4.78, 5) is 36.4. The molecule has 1 heterocycles. The molecule has 0 aromatic heterocycles. The summed E-state index contributed by atoms with van der Waals surface area (Å²) in [5.41, 5.74) is 4.75. The van der Waals surface area contributed by atoms with Crippen molar-refractivity contribution in [3.63, 3.8) is 0 Å². The molecule has 0 aromatic carbocycles. The summed E-state index contributed by atoms with van der Waals surface area (Å²) in [6.45, 7) is 6.32. The molecular weight excluding hydrogens is 246 g/mol. The number of hydrogen-bond donors (Lipinski definition) is 2. The first-order valence-corrected chi connectivity index (χ1v) is 6.57. The number of nitrogens with two attached hydrogens (primary N) is 1. The zero-order chi connectivity index (χ0) is 14.6. The van der Waals surface area contributed by atoms with Crippen LogP contribution in [0, 0.1) is 11.3 Å². The zero-order valence-electron chi connectivity index (χ0n) is 11.9. The summed E-state index contributed by atoms with van der Waals surface area (Å²) in [5.74, 6) is -0.958. The van der Waals surface area contributed by atoms with E-state index in [4.69, 9.17) is 5.73 Å². The van der Waals surface area contributed by atoms with Gasteiger partial charge in [-0.1, -0.05) is 20.8 Å². The van der Waals surface area contributed by atoms with Crippen molar-refractivity contribution in [1.29, 1.82) is 0 Å². The average Bonchev–Trinajstić information content (AvgIpc) is 2.34. The minimum absolute atomic E-state index is 0.0262. The van der Waals surface area contributed by atoms with E-state index < -0.39 is 5.41 Å². The second-order valence-corrected chi connectivity index (χ2v) is 6.01. The van der Waals surface area contributed by atoms with Gasteiger partial charge in [0.1, 0.15) is 0 Å². The van der Waals surface area contributed by atoms with E-state index >= 15 is 0 Å². The highest BCUT2D eigenvalue weighted by atomic mass is 16.2. The van der Waals surface area contributed by atoms with Crippen molar-refractivity contribution >= 4 is 17.7 Å². The Kier molecular flexibility index (Phi) is 4.91. The molecule has 3 N–H and O–H groups in total. The van der Waals surface area contributed by atoms with Gasteiger partial charge in [0, 0.05) is 18.5 Å². The molecule has 0 spiro atoms. The van der Waals surface area contributed by atoms with Crippen molar-refractivity contribution in [1.82, 2.24) is 10.2 Å². The van der Waals surface area contributed by atoms with Crippen LogP contribution in [0.5, 0.6) is 0 Å². The first-order chi connectivity index (χ1) is 8.71. The van der Waals surface area contributed by atoms with Crippen molar-refractivity contribution in [3.05, 3.63) is 0 Å². The maximum Gasteiger partial charge on any atom is 0.241 e. The van der Waals surface area contributed by atoms with Gasteiger partial charge in [-0.3, -0.25) is 14.4 Å². The smallest absolute Gasteiger partial charge is 0.241 e. The van der Waals surface area contributed by atoms with Crippen LogP contribution < -0.4 is 11.1 Å². The number of amides is 3. The first-order valence-electron chi connectivity index (χ1n) is 6.57. The van der Waals surface area contributed by atoms with E-state index in [9.17, 15) is 14.4 Å². The SMILES string of the molecule is CC(C)(C)C(=O)NCC(=O)N1CCCC(C(N)=O)C1. The van der Waals surface area contributed by atoms with Crippen LogP contribution in [-0.4, -0.2) is 42.3 Å². The van der Waals surface area contributed by atoms with Crippen molar-refractivity contribution in [3.8, 4) is 0 Å². The van der Waals surface area contributed by atoms with E-state index in [1.807, 2.05) is 0 Å². The molecule has 1 atom stereocenters. The number of carbonyl (C=O) groups excluding carboxylic acids is 3. The Hall–Kier alpha value is -1.59. The number of rotatable bonds is 3. The van der Waals surface area contributed by atoms with Gasteiger partial charge in [-0.2, -0.15) is 0 Å². The molecule has 0 bridgehead atoms. The van der Waals surface area contributed by atoms with E-state index in [2.05, 4.69) is 5.32 Å². The van der Waals surface area contributed by atoms with E-state index in [1.54, 1.807) is 25.7 Å². The second kappa shape index (κ2) is 6.04. The fourth-order valence-corrected chi connectivity index (χ4v) is 1.97. The van der Waals surface area contributed by atoms with Crippen LogP contribution in [0.3, 0.4) is 0 Å². The lowest BCUT2D eigenvalue weighted by atomic mass is 9.95. The lowest BCUT2D eigenvalue weighted by Gasteiger charge is -2.31. The third kappa shape index (κ3) is 4.54. The Balaban J connectivity index is 2.45. The largest absolute Gasteiger partial charge is 0.369 e. The normalized spacial score (nSPS) is 19.9. The fourth-order valence-electron chi connectivity index (χ4n) is 1.97. The van der Waals surface area contributed by atoms with Gasteiger partial charge in [0.2, 0.25) is 17.7 Å². The molecule has 1 aliphatic rings. The number of carbonyl (C=O) groups is 3. The highest BCUT2D eigenvalue weighted by Crippen LogP contribution is 2.16. The summed E-state index contributed by atoms with van der Waals surface area (Å²) in [6, 6.07) is 0. The van der Waals surface area contributed by atoms with E-state index in [0.29, 0.717) is 13.1 Å². The molecule has 6 nitrogen and oxygen atoms in total. The van der Waals surface area contributed by atoms with Crippen LogP contribution in [0.25, 0.3) is 0 Å². The molecular formula is C13H23N3O3. The third-order valence-electron chi connectivity index (χ3n) is 3.26. The molecule has 1 rings (SSSR count). The van der Waals surface area contributed by atoms with Crippen molar-refractivity contribution in [2.45, 2.75) is 33.6 Å². The van der Waals surface area contributed by atoms with Gasteiger partial charge in [0.25, 0.3) is 0 Å². The maximum atomic E-state index is 12.0. The topological polar surface area (TPSA) is 92.5 Å². The summed E-state index contributed by atoms with van der Waals surface area (Å²) in [7, 11) is 0. The molecule has 1 fully saturated rings. The number of hydrogen-bond acceptors (Lipinski definition) is 3. The van der Waals surface area contributed by atoms with Crippen LogP contribution in [0.4, 0.5) is 0 Å². The summed E-state index contributed by atoms with van der Waals surface area (Å²) in [6.07, 6.45) is 1.50. The summed E-state index contributed by atoms with van der Waals surface area (Å²) >= 11 is 0. The standard InChI is InChI=1S/C13H23N3O3/c1-13(2,3)12(19)15-7-10(17)16-6-4-5-9(8-16)11(14)18/h9H,4-8H2,1-3H3,(H2,14,18)(H,15,19). The highest BCUT2D eigenvalue weighted by Gasteiger charge is 2.28. The lowest BCUT2D eigenvalue weighted by molar-refractivity contribution is -0.137. The Morgan fingerprint density at radius 2 is 1.95 bits per heavy atom. The number of nitrogens with zero attached hydrogens (tertiary/aromatic N) is 1. The molecule has 1 unspecified atom stereocenters. The van der Waals surface area contributed by atoms with Crippen LogP contribution in [0.2, 0.25) is 0 Å². The van der Waals surface area contributed by atoms with Crippen molar-refractivity contribution in [2.24, 2.45) is 17.1 Å². The summed E-state index contributed by atoms with van der Waals surface area (Å²) < 4.78 is 0. The number of primary amides is 1. The Morgan fingerprint density at radius 3 is 2.47 bits per heavy atom. The molecule has 108 valence electrons. The van der Waals surface area contributed by atoms with Gasteiger partial charge < -0.3 is 16.0 Å². The Morgan fingerprint density at radius 1 is 1.32 bits per heavy atom. The van der Waals surface area contributed by atoms with Gasteiger partial charge in [0.15, 0.2) is 0 Å². The molecule has 1 aliphatic heterocycles. The Labute approximate surface area is 113 Å². The second-order valence-electron chi connectivity index (χ2n) is 6.01. The third-order valence-corrected chi connectivity index (χ3v) is 3.26. The van der Waals surface area contributed by atoms with Crippen LogP contribution in [0.1, 0.15) is 33.6 Å². The van der Waals surface area contributed by atoms with Gasteiger partial charge in [0.05, 0.1) is 12.5 Å². The fraction of sp³-hybridized carbons (Fsp3) is 0.769. The molecule has 0 aliphatic carbocycles. The van der Waals surface area contributed by atoms with Gasteiger partial charge in [-0.15, -0.1) is 0 Å². The minimum Gasteiger partial charge on any atom is -0.369 e. The lowest BCUT2D eigenvalue weighted by Crippen LogP contribution is -2.48. The predicted octanol–water partition coefficient (Wildman–Crippen LogP) is -0.127. The molecule has 19 heavy (non-hydrogen) atoms. The van der Waals surface area contributed by atoms with Crippen LogP contribution in [0.15, 0.2) is 0 Å². The molecule has 0 radical (unpaired) electrons. The quantitative estimate of drug-likeness (QED) is 0.747. The van der Waals surface area contributed by atoms with Gasteiger partial charge in [-0.05, 0) is 12.8 Å². The van der Waals surface area contributed by atoms with Gasteiger partial charge >= 0.3 is 0 Å². The number of piperidine rings is 1. The highest BCUT2D eigenvalue weighted by molar-refractivity contribution is 5.87. The predicted molar refractivity (Wildman–Crippen MR) is 71.0 cm³/mol. The molecule has 0 aromatic rings. The Bertz CT molecular complexity index is 374. The van der Waals surface area contributed by atoms with E-state index in [1.165, 1.54) is 0 Å². The van der Waals surface area contributed by atoms with Gasteiger partial charge in [-0.25, -0.2) is 0 Å². The molecule has 6 heteroatoms. The molecule has 3 amide bonds. The minimum atomic E-state index is -0.516. The first kappa shape index (κ1) is 15.5. The molecule has 1 saturated heterocycles. The van der Waals surface area contributed by atoms with E-state index in [-0.39, 0.29) is 30.2 Å². The number of nitrogens with one attached hydrogen (secondary N) is 1. The summed E-state index contributed by atoms with van der Waals surface area (Å²) in [5, 5.41) is 2.62. The van der Waals surface area contributed by atoms with Crippen LogP contribution >= 0.6 is 0 Å². The van der Waals surface area contributed by atoms with Crippen molar-refractivity contribution in [2.75, 3.05) is 19.6 Å². The monoisotopic (exact) mass is 269 g/mol. The average molecular weight is 269 g/mol. The van der Waals surface area contributed by atoms with Crippen molar-refractivity contribution < 1.29 is 14.4 Å². The van der Waals surface area contributed by atoms with Crippen LogP contribution in [-0.2, 0) is 14.4 Å². The number of likely N-dealkylation sites (tertiary alicyclic amines) is 1. The maximum absolute atomic E-state index is 12.0.